The van der Waals surface area contributed by atoms with E-state index in [0.717, 1.165) is 31.3 Å². The molecule has 2 rings (SSSR count). The Bertz CT molecular complexity index is 352. The molecule has 1 fully saturated rings. The lowest BCUT2D eigenvalue weighted by Gasteiger charge is -2.26. The number of carbonyl (C=O) groups excluding carboxylic acids is 1. The second-order valence-corrected chi connectivity index (χ2v) is 4.26. The Morgan fingerprint density at radius 1 is 1.44 bits per heavy atom. The number of carbonyl (C=O) groups is 1. The van der Waals surface area contributed by atoms with Crippen LogP contribution in [0.1, 0.15) is 6.92 Å². The fraction of sp³-hybridized carbons (Fsp3) is 0.625. The highest BCUT2D eigenvalue weighted by atomic mass is 35.5. The summed E-state index contributed by atoms with van der Waals surface area (Å²) in [6.07, 6.45) is 0. The maximum Gasteiger partial charge on any atom is 0.223 e. The van der Waals surface area contributed by atoms with Gasteiger partial charge in [-0.15, -0.1) is 22.6 Å². The summed E-state index contributed by atoms with van der Waals surface area (Å²) in [4.78, 5) is 13.0. The SMILES string of the molecule is CC(=O)Nc1nnc(N2CCNCC2)s1.Cl. The summed E-state index contributed by atoms with van der Waals surface area (Å²) in [5, 5.41) is 15.3. The van der Waals surface area contributed by atoms with Crippen LogP contribution in [0, 0.1) is 0 Å². The van der Waals surface area contributed by atoms with Gasteiger partial charge in [0, 0.05) is 33.1 Å². The first kappa shape index (κ1) is 13.1. The van der Waals surface area contributed by atoms with Gasteiger partial charge in [0.15, 0.2) is 0 Å². The van der Waals surface area contributed by atoms with E-state index in [2.05, 4.69) is 25.7 Å². The van der Waals surface area contributed by atoms with Crippen LogP contribution in [0.4, 0.5) is 10.3 Å². The highest BCUT2D eigenvalue weighted by Crippen LogP contribution is 2.23. The zero-order chi connectivity index (χ0) is 10.7. The minimum atomic E-state index is -0.113. The molecule has 1 aliphatic heterocycles. The first-order valence-corrected chi connectivity index (χ1v) is 5.64. The molecule has 1 aromatic heterocycles. The van der Waals surface area contributed by atoms with E-state index in [-0.39, 0.29) is 18.3 Å². The van der Waals surface area contributed by atoms with Crippen LogP contribution < -0.4 is 15.5 Å². The van der Waals surface area contributed by atoms with Gasteiger partial charge in [0.1, 0.15) is 0 Å². The summed E-state index contributed by atoms with van der Waals surface area (Å²) < 4.78 is 0. The molecule has 16 heavy (non-hydrogen) atoms. The van der Waals surface area contributed by atoms with Crippen molar-refractivity contribution in [2.45, 2.75) is 6.92 Å². The van der Waals surface area contributed by atoms with Gasteiger partial charge in [-0.3, -0.25) is 4.79 Å². The summed E-state index contributed by atoms with van der Waals surface area (Å²) in [6, 6.07) is 0. The minimum Gasteiger partial charge on any atom is -0.344 e. The number of aromatic nitrogens is 2. The van der Waals surface area contributed by atoms with Gasteiger partial charge < -0.3 is 15.5 Å². The van der Waals surface area contributed by atoms with Crippen LogP contribution in [0.5, 0.6) is 0 Å². The van der Waals surface area contributed by atoms with Gasteiger partial charge in [-0.25, -0.2) is 0 Å². The zero-order valence-electron chi connectivity index (χ0n) is 8.89. The molecule has 90 valence electrons. The van der Waals surface area contributed by atoms with E-state index in [1.807, 2.05) is 0 Å². The lowest BCUT2D eigenvalue weighted by atomic mass is 10.4. The maximum absolute atomic E-state index is 10.8. The molecule has 0 aliphatic carbocycles. The van der Waals surface area contributed by atoms with Crippen molar-refractivity contribution in [1.82, 2.24) is 15.5 Å². The summed E-state index contributed by atoms with van der Waals surface area (Å²) in [5.74, 6) is -0.113. The second-order valence-electron chi connectivity index (χ2n) is 3.31. The molecular weight excluding hydrogens is 250 g/mol. The standard InChI is InChI=1S/C8H13N5OS.ClH/c1-6(14)10-7-11-12-8(15-7)13-4-2-9-3-5-13;/h9H,2-5H2,1H3,(H,10,11,14);1H. The molecular formula is C8H14ClN5OS. The molecule has 0 bridgehead atoms. The Morgan fingerprint density at radius 3 is 2.75 bits per heavy atom. The predicted octanol–water partition coefficient (Wildman–Crippen LogP) is 0.328. The molecule has 2 heterocycles. The number of piperazine rings is 1. The van der Waals surface area contributed by atoms with Crippen LogP contribution in [0.3, 0.4) is 0 Å². The van der Waals surface area contributed by atoms with Gasteiger partial charge in [-0.1, -0.05) is 11.3 Å². The normalized spacial score (nSPS) is 15.4. The van der Waals surface area contributed by atoms with Crippen molar-refractivity contribution in [3.8, 4) is 0 Å². The Balaban J connectivity index is 0.00000128. The van der Waals surface area contributed by atoms with Crippen molar-refractivity contribution in [2.24, 2.45) is 0 Å². The van der Waals surface area contributed by atoms with Crippen molar-refractivity contribution in [3.63, 3.8) is 0 Å². The summed E-state index contributed by atoms with van der Waals surface area (Å²) in [7, 11) is 0. The van der Waals surface area contributed by atoms with Crippen LogP contribution in [0.25, 0.3) is 0 Å². The topological polar surface area (TPSA) is 70.2 Å². The monoisotopic (exact) mass is 263 g/mol. The van der Waals surface area contributed by atoms with Crippen LogP contribution in [-0.2, 0) is 4.79 Å². The average Bonchev–Trinajstić information content (AvgIpc) is 2.67. The van der Waals surface area contributed by atoms with Crippen LogP contribution >= 0.6 is 23.7 Å². The molecule has 1 aromatic rings. The number of rotatable bonds is 2. The van der Waals surface area contributed by atoms with E-state index < -0.39 is 0 Å². The number of hydrogen-bond acceptors (Lipinski definition) is 6. The quantitative estimate of drug-likeness (QED) is 0.805. The van der Waals surface area contributed by atoms with Crippen molar-refractivity contribution >= 4 is 39.9 Å². The van der Waals surface area contributed by atoms with Crippen LogP contribution in [0.15, 0.2) is 0 Å². The molecule has 2 N–H and O–H groups in total. The fourth-order valence-electron chi connectivity index (χ4n) is 1.40. The average molecular weight is 264 g/mol. The van der Waals surface area contributed by atoms with E-state index in [1.54, 1.807) is 0 Å². The summed E-state index contributed by atoms with van der Waals surface area (Å²) >= 11 is 1.41. The third-order valence-corrected chi connectivity index (χ3v) is 2.98. The number of amides is 1. The van der Waals surface area contributed by atoms with Gasteiger partial charge in [0.25, 0.3) is 0 Å². The zero-order valence-corrected chi connectivity index (χ0v) is 10.5. The number of anilines is 2. The Labute approximate surface area is 104 Å². The van der Waals surface area contributed by atoms with Crippen LogP contribution in [-0.4, -0.2) is 42.3 Å². The highest BCUT2D eigenvalue weighted by Gasteiger charge is 2.15. The molecule has 0 spiro atoms. The largest absolute Gasteiger partial charge is 0.344 e. The highest BCUT2D eigenvalue weighted by molar-refractivity contribution is 7.19. The molecule has 1 amide bonds. The van der Waals surface area contributed by atoms with Gasteiger partial charge in [-0.2, -0.15) is 0 Å². The Kier molecular flexibility index (Phi) is 4.91. The fourth-order valence-corrected chi connectivity index (χ4v) is 2.24. The van der Waals surface area contributed by atoms with Gasteiger partial charge in [-0.05, 0) is 0 Å². The third-order valence-electron chi connectivity index (χ3n) is 2.08. The number of nitrogens with one attached hydrogen (secondary N) is 2. The lowest BCUT2D eigenvalue weighted by Crippen LogP contribution is -2.43. The number of nitrogens with zero attached hydrogens (tertiary/aromatic N) is 3. The molecule has 0 atom stereocenters. The van der Waals surface area contributed by atoms with E-state index >= 15 is 0 Å². The van der Waals surface area contributed by atoms with Crippen molar-refractivity contribution < 1.29 is 4.79 Å². The van der Waals surface area contributed by atoms with Gasteiger partial charge in [0.05, 0.1) is 0 Å². The lowest BCUT2D eigenvalue weighted by molar-refractivity contribution is -0.114. The van der Waals surface area contributed by atoms with Crippen molar-refractivity contribution in [3.05, 3.63) is 0 Å². The van der Waals surface area contributed by atoms with Crippen molar-refractivity contribution in [1.29, 1.82) is 0 Å². The van der Waals surface area contributed by atoms with E-state index in [0.29, 0.717) is 5.13 Å². The molecule has 0 unspecified atom stereocenters. The second kappa shape index (κ2) is 5.97. The number of halogens is 1. The van der Waals surface area contributed by atoms with E-state index in [4.69, 9.17) is 0 Å². The molecule has 1 saturated heterocycles. The molecule has 8 heteroatoms. The van der Waals surface area contributed by atoms with Gasteiger partial charge >= 0.3 is 0 Å². The van der Waals surface area contributed by atoms with Crippen LogP contribution in [0.2, 0.25) is 0 Å². The molecule has 1 aliphatic rings. The predicted molar refractivity (Wildman–Crippen MR) is 66.5 cm³/mol. The minimum absolute atomic E-state index is 0. The van der Waals surface area contributed by atoms with Crippen molar-refractivity contribution in [2.75, 3.05) is 36.4 Å². The molecule has 0 radical (unpaired) electrons. The number of hydrogen-bond donors (Lipinski definition) is 2. The first-order chi connectivity index (χ1) is 7.25. The first-order valence-electron chi connectivity index (χ1n) is 4.82. The smallest absolute Gasteiger partial charge is 0.223 e. The van der Waals surface area contributed by atoms with Gasteiger partial charge in [0.2, 0.25) is 16.2 Å². The van der Waals surface area contributed by atoms with E-state index in [1.165, 1.54) is 18.3 Å². The maximum atomic E-state index is 10.8. The Morgan fingerprint density at radius 2 is 2.12 bits per heavy atom. The summed E-state index contributed by atoms with van der Waals surface area (Å²) in [5.41, 5.74) is 0. The summed E-state index contributed by atoms with van der Waals surface area (Å²) in [6.45, 7) is 5.28. The Hall–Kier alpha value is -0.920. The third kappa shape index (κ3) is 3.29. The molecule has 6 nitrogen and oxygen atoms in total. The molecule has 0 saturated carbocycles. The van der Waals surface area contributed by atoms with E-state index in [9.17, 15) is 4.79 Å². The molecule has 0 aromatic carbocycles.